The van der Waals surface area contributed by atoms with Crippen LogP contribution in [-0.2, 0) is 6.42 Å². The van der Waals surface area contributed by atoms with Gasteiger partial charge < -0.3 is 4.52 Å². The second-order valence-corrected chi connectivity index (χ2v) is 3.51. The van der Waals surface area contributed by atoms with Crippen molar-refractivity contribution in [3.8, 4) is 0 Å². The van der Waals surface area contributed by atoms with Crippen molar-refractivity contribution in [3.05, 3.63) is 22.9 Å². The van der Waals surface area contributed by atoms with E-state index in [0.717, 1.165) is 24.3 Å². The van der Waals surface area contributed by atoms with Crippen LogP contribution in [-0.4, -0.2) is 5.16 Å². The highest BCUT2D eigenvalue weighted by molar-refractivity contribution is 5.21. The van der Waals surface area contributed by atoms with Crippen molar-refractivity contribution in [2.45, 2.75) is 40.5 Å². The molecule has 1 heterocycles. The molecule has 0 saturated heterocycles. The lowest BCUT2D eigenvalue weighted by Crippen LogP contribution is -1.92. The summed E-state index contributed by atoms with van der Waals surface area (Å²) >= 11 is 0. The van der Waals surface area contributed by atoms with E-state index in [2.05, 4.69) is 19.0 Å². The lowest BCUT2D eigenvalue weighted by Gasteiger charge is -2.02. The molecule has 0 aliphatic heterocycles. The SMILES string of the molecule is C[C](C)CCc1c(C)noc1C. The van der Waals surface area contributed by atoms with Crippen molar-refractivity contribution in [1.29, 1.82) is 0 Å². The number of hydrogen-bond donors (Lipinski definition) is 0. The van der Waals surface area contributed by atoms with E-state index >= 15 is 0 Å². The van der Waals surface area contributed by atoms with Crippen LogP contribution < -0.4 is 0 Å². The van der Waals surface area contributed by atoms with Crippen LogP contribution in [0.5, 0.6) is 0 Å². The quantitative estimate of drug-likeness (QED) is 0.690. The smallest absolute Gasteiger partial charge is 0.137 e. The summed E-state index contributed by atoms with van der Waals surface area (Å²) in [6, 6.07) is 0. The molecule has 0 N–H and O–H groups in total. The first-order valence-electron chi connectivity index (χ1n) is 4.32. The zero-order chi connectivity index (χ0) is 9.14. The monoisotopic (exact) mass is 166 g/mol. The normalized spacial score (nSPS) is 11.1. The predicted molar refractivity (Wildman–Crippen MR) is 48.9 cm³/mol. The van der Waals surface area contributed by atoms with E-state index in [1.165, 1.54) is 11.5 Å². The Labute approximate surface area is 74.0 Å². The number of aryl methyl sites for hydroxylation is 2. The van der Waals surface area contributed by atoms with Crippen molar-refractivity contribution >= 4 is 0 Å². The topological polar surface area (TPSA) is 26.0 Å². The lowest BCUT2D eigenvalue weighted by molar-refractivity contribution is 0.392. The fraction of sp³-hybridized carbons (Fsp3) is 0.600. The first-order chi connectivity index (χ1) is 5.61. The Morgan fingerprint density at radius 1 is 1.33 bits per heavy atom. The number of rotatable bonds is 3. The molecule has 0 fully saturated rings. The molecule has 0 aromatic carbocycles. The van der Waals surface area contributed by atoms with Gasteiger partial charge in [0.25, 0.3) is 0 Å². The number of hydrogen-bond acceptors (Lipinski definition) is 2. The number of nitrogens with zero attached hydrogens (tertiary/aromatic N) is 1. The fourth-order valence-electron chi connectivity index (χ4n) is 1.23. The van der Waals surface area contributed by atoms with E-state index in [0.29, 0.717) is 0 Å². The molecule has 0 aliphatic rings. The third kappa shape index (κ3) is 2.10. The van der Waals surface area contributed by atoms with Gasteiger partial charge in [-0.3, -0.25) is 0 Å². The molecule has 1 aromatic rings. The molecule has 1 aromatic heterocycles. The Bertz CT molecular complexity index is 231. The summed E-state index contributed by atoms with van der Waals surface area (Å²) < 4.78 is 5.07. The highest BCUT2D eigenvalue weighted by Crippen LogP contribution is 2.17. The van der Waals surface area contributed by atoms with Gasteiger partial charge in [0.15, 0.2) is 0 Å². The minimum atomic E-state index is 0.966. The summed E-state index contributed by atoms with van der Waals surface area (Å²) in [5.41, 5.74) is 2.31. The molecule has 0 amide bonds. The average Bonchev–Trinajstić information content (AvgIpc) is 2.28. The summed E-state index contributed by atoms with van der Waals surface area (Å²) in [6.07, 6.45) is 2.19. The van der Waals surface area contributed by atoms with E-state index in [4.69, 9.17) is 4.52 Å². The molecule has 0 aliphatic carbocycles. The van der Waals surface area contributed by atoms with Crippen LogP contribution in [0, 0.1) is 19.8 Å². The second-order valence-electron chi connectivity index (χ2n) is 3.51. The van der Waals surface area contributed by atoms with Gasteiger partial charge in [-0.15, -0.1) is 0 Å². The van der Waals surface area contributed by atoms with E-state index in [9.17, 15) is 0 Å². The molecule has 67 valence electrons. The maximum absolute atomic E-state index is 5.07. The lowest BCUT2D eigenvalue weighted by atomic mass is 10.0. The van der Waals surface area contributed by atoms with Crippen LogP contribution >= 0.6 is 0 Å². The van der Waals surface area contributed by atoms with E-state index in [-0.39, 0.29) is 0 Å². The van der Waals surface area contributed by atoms with Crippen LogP contribution in [0.3, 0.4) is 0 Å². The first kappa shape index (κ1) is 9.30. The Hall–Kier alpha value is -0.790. The molecule has 1 rings (SSSR count). The Balaban J connectivity index is 2.62. The largest absolute Gasteiger partial charge is 0.361 e. The highest BCUT2D eigenvalue weighted by atomic mass is 16.5. The molecule has 2 nitrogen and oxygen atoms in total. The van der Waals surface area contributed by atoms with Crippen molar-refractivity contribution in [3.63, 3.8) is 0 Å². The minimum Gasteiger partial charge on any atom is -0.361 e. The average molecular weight is 166 g/mol. The van der Waals surface area contributed by atoms with Gasteiger partial charge in [0.2, 0.25) is 0 Å². The Morgan fingerprint density at radius 2 is 2.00 bits per heavy atom. The van der Waals surface area contributed by atoms with Crippen molar-refractivity contribution in [2.24, 2.45) is 0 Å². The van der Waals surface area contributed by atoms with Gasteiger partial charge >= 0.3 is 0 Å². The van der Waals surface area contributed by atoms with E-state index < -0.39 is 0 Å². The van der Waals surface area contributed by atoms with E-state index in [1.807, 2.05) is 13.8 Å². The third-order valence-corrected chi connectivity index (χ3v) is 2.06. The summed E-state index contributed by atoms with van der Waals surface area (Å²) in [4.78, 5) is 0. The molecule has 0 spiro atoms. The zero-order valence-corrected chi connectivity index (χ0v) is 8.27. The molecule has 0 bridgehead atoms. The molecule has 1 radical (unpaired) electrons. The third-order valence-electron chi connectivity index (χ3n) is 2.06. The summed E-state index contributed by atoms with van der Waals surface area (Å²) in [7, 11) is 0. The fourth-order valence-corrected chi connectivity index (χ4v) is 1.23. The molecular formula is C10H16NO. The second kappa shape index (κ2) is 3.74. The van der Waals surface area contributed by atoms with Crippen molar-refractivity contribution in [2.75, 3.05) is 0 Å². The van der Waals surface area contributed by atoms with Gasteiger partial charge in [-0.1, -0.05) is 19.0 Å². The molecular weight excluding hydrogens is 150 g/mol. The standard InChI is InChI=1S/C10H16NO/c1-7(2)5-6-10-8(3)11-12-9(10)4/h5-6H2,1-4H3. The summed E-state index contributed by atoms with van der Waals surface area (Å²) in [5.74, 6) is 2.42. The maximum Gasteiger partial charge on any atom is 0.137 e. The highest BCUT2D eigenvalue weighted by Gasteiger charge is 2.08. The summed E-state index contributed by atoms with van der Waals surface area (Å²) in [5, 5.41) is 3.91. The van der Waals surface area contributed by atoms with Gasteiger partial charge in [-0.25, -0.2) is 0 Å². The van der Waals surface area contributed by atoms with Gasteiger partial charge in [0.05, 0.1) is 5.69 Å². The van der Waals surface area contributed by atoms with Gasteiger partial charge in [-0.05, 0) is 32.6 Å². The molecule has 0 saturated carbocycles. The zero-order valence-electron chi connectivity index (χ0n) is 8.27. The molecule has 0 atom stereocenters. The Morgan fingerprint density at radius 3 is 2.42 bits per heavy atom. The van der Waals surface area contributed by atoms with Crippen LogP contribution in [0.1, 0.15) is 37.3 Å². The van der Waals surface area contributed by atoms with Gasteiger partial charge in [0, 0.05) is 5.56 Å². The minimum absolute atomic E-state index is 0.966. The van der Waals surface area contributed by atoms with E-state index in [1.54, 1.807) is 0 Å². The predicted octanol–water partition coefficient (Wildman–Crippen LogP) is 2.84. The molecule has 2 heteroatoms. The van der Waals surface area contributed by atoms with Crippen LogP contribution in [0.15, 0.2) is 4.52 Å². The van der Waals surface area contributed by atoms with Crippen LogP contribution in [0.25, 0.3) is 0 Å². The maximum atomic E-state index is 5.07. The molecule has 12 heavy (non-hydrogen) atoms. The Kier molecular flexibility index (Phi) is 2.90. The van der Waals surface area contributed by atoms with Crippen LogP contribution in [0.4, 0.5) is 0 Å². The first-order valence-corrected chi connectivity index (χ1v) is 4.32. The van der Waals surface area contributed by atoms with Crippen molar-refractivity contribution < 1.29 is 4.52 Å². The van der Waals surface area contributed by atoms with Gasteiger partial charge in [0.1, 0.15) is 5.76 Å². The summed E-state index contributed by atoms with van der Waals surface area (Å²) in [6.45, 7) is 8.27. The molecule has 0 unspecified atom stereocenters. The van der Waals surface area contributed by atoms with Crippen molar-refractivity contribution in [1.82, 2.24) is 5.16 Å². The van der Waals surface area contributed by atoms with Gasteiger partial charge in [-0.2, -0.15) is 0 Å². The van der Waals surface area contributed by atoms with Crippen LogP contribution in [0.2, 0.25) is 0 Å². The number of aromatic nitrogens is 1.